The Morgan fingerprint density at radius 2 is 0.658 bits per heavy atom. The quantitative estimate of drug-likeness (QED) is 0.229. The third kappa shape index (κ3) is 4.53. The van der Waals surface area contributed by atoms with Gasteiger partial charge in [-0.25, -0.2) is 0 Å². The molecule has 0 aliphatic rings. The first-order valence-corrected chi connectivity index (χ1v) is 13.0. The van der Waals surface area contributed by atoms with E-state index < -0.39 is 0 Å². The minimum Gasteiger partial charge on any atom is -0.310 e. The number of hydrogen-bond donors (Lipinski definition) is 0. The second-order valence-electron chi connectivity index (χ2n) is 9.66. The van der Waals surface area contributed by atoms with Crippen molar-refractivity contribution in [2.45, 2.75) is 13.8 Å². The largest absolute Gasteiger partial charge is 0.310 e. The Morgan fingerprint density at radius 1 is 0.316 bits per heavy atom. The molecule has 38 heavy (non-hydrogen) atoms. The highest BCUT2D eigenvalue weighted by Crippen LogP contribution is 2.44. The van der Waals surface area contributed by atoms with Crippen LogP contribution in [0.3, 0.4) is 0 Å². The minimum absolute atomic E-state index is 1.13. The number of fused-ring (bicyclic) bond motifs is 1. The third-order valence-electron chi connectivity index (χ3n) is 6.97. The normalized spacial score (nSPS) is 10.9. The van der Waals surface area contributed by atoms with Crippen molar-refractivity contribution in [3.63, 3.8) is 0 Å². The summed E-state index contributed by atoms with van der Waals surface area (Å²) >= 11 is 0. The molecule has 0 aliphatic heterocycles. The van der Waals surface area contributed by atoms with E-state index in [2.05, 4.69) is 169 Å². The van der Waals surface area contributed by atoms with Crippen LogP contribution in [-0.4, -0.2) is 0 Å². The molecule has 6 aromatic carbocycles. The molecule has 0 aliphatic carbocycles. The van der Waals surface area contributed by atoms with Crippen LogP contribution in [0.1, 0.15) is 11.1 Å². The van der Waals surface area contributed by atoms with Crippen LogP contribution in [-0.2, 0) is 0 Å². The average Bonchev–Trinajstić information content (AvgIpc) is 2.97. The van der Waals surface area contributed by atoms with E-state index in [1.165, 1.54) is 21.9 Å². The van der Waals surface area contributed by atoms with Crippen LogP contribution >= 0.6 is 0 Å². The van der Waals surface area contributed by atoms with E-state index in [0.29, 0.717) is 0 Å². The Balaban J connectivity index is 1.58. The monoisotopic (exact) mass is 490 g/mol. The lowest BCUT2D eigenvalue weighted by molar-refractivity contribution is 1.28. The van der Waals surface area contributed by atoms with E-state index in [0.717, 1.165) is 34.1 Å². The maximum atomic E-state index is 2.35. The fourth-order valence-corrected chi connectivity index (χ4v) is 5.06. The number of anilines is 6. The fourth-order valence-electron chi connectivity index (χ4n) is 5.06. The number of hydrogen-bond acceptors (Lipinski definition) is 2. The van der Waals surface area contributed by atoms with E-state index in [1.54, 1.807) is 0 Å². The molecule has 0 spiro atoms. The molecule has 0 radical (unpaired) electrons. The SMILES string of the molecule is Cc1ccc(N(c2ccccc2)c2cccc3c(N(c4ccccc4)c4ccc(C)cc4)cccc23)cc1. The fraction of sp³-hybridized carbons (Fsp3) is 0.0556. The van der Waals surface area contributed by atoms with Gasteiger partial charge >= 0.3 is 0 Å². The van der Waals surface area contributed by atoms with E-state index in [9.17, 15) is 0 Å². The van der Waals surface area contributed by atoms with Crippen molar-refractivity contribution in [1.29, 1.82) is 0 Å². The van der Waals surface area contributed by atoms with Crippen molar-refractivity contribution >= 4 is 44.9 Å². The van der Waals surface area contributed by atoms with Gasteiger partial charge < -0.3 is 9.80 Å². The lowest BCUT2D eigenvalue weighted by atomic mass is 10.0. The molecular weight excluding hydrogens is 460 g/mol. The average molecular weight is 491 g/mol. The lowest BCUT2D eigenvalue weighted by Crippen LogP contribution is -2.12. The first kappa shape index (κ1) is 23.6. The summed E-state index contributed by atoms with van der Waals surface area (Å²) in [5.41, 5.74) is 9.33. The zero-order chi connectivity index (χ0) is 25.9. The van der Waals surface area contributed by atoms with Crippen molar-refractivity contribution < 1.29 is 0 Å². The van der Waals surface area contributed by atoms with Crippen LogP contribution in [0, 0.1) is 13.8 Å². The first-order chi connectivity index (χ1) is 18.7. The predicted octanol–water partition coefficient (Wildman–Crippen LogP) is 10.4. The van der Waals surface area contributed by atoms with Gasteiger partial charge in [-0.15, -0.1) is 0 Å². The van der Waals surface area contributed by atoms with Crippen LogP contribution in [0.5, 0.6) is 0 Å². The summed E-state index contributed by atoms with van der Waals surface area (Å²) in [6.07, 6.45) is 0. The zero-order valence-corrected chi connectivity index (χ0v) is 21.8. The van der Waals surface area contributed by atoms with E-state index in [4.69, 9.17) is 0 Å². The zero-order valence-electron chi connectivity index (χ0n) is 21.8. The number of aryl methyl sites for hydroxylation is 2. The molecule has 0 heterocycles. The van der Waals surface area contributed by atoms with Crippen LogP contribution in [0.25, 0.3) is 10.8 Å². The summed E-state index contributed by atoms with van der Waals surface area (Å²) in [7, 11) is 0. The molecule has 2 nitrogen and oxygen atoms in total. The molecule has 6 aromatic rings. The van der Waals surface area contributed by atoms with Crippen molar-refractivity contribution in [2.24, 2.45) is 0 Å². The van der Waals surface area contributed by atoms with Gasteiger partial charge in [0.2, 0.25) is 0 Å². The Hall–Kier alpha value is -4.82. The molecule has 0 unspecified atom stereocenters. The summed E-state index contributed by atoms with van der Waals surface area (Å²) in [5, 5.41) is 2.39. The highest BCUT2D eigenvalue weighted by molar-refractivity contribution is 6.06. The molecular formula is C36H30N2. The second-order valence-corrected chi connectivity index (χ2v) is 9.66. The lowest BCUT2D eigenvalue weighted by Gasteiger charge is -2.29. The van der Waals surface area contributed by atoms with Gasteiger partial charge in [-0.3, -0.25) is 0 Å². The number of rotatable bonds is 6. The highest BCUT2D eigenvalue weighted by atomic mass is 15.2. The standard InChI is InChI=1S/C36H30N2/c1-27-19-23-31(24-20-27)37(29-11-5-3-6-12-29)35-17-9-16-34-33(35)15-10-18-36(34)38(30-13-7-4-8-14-30)32-25-21-28(2)22-26-32/h3-26H,1-2H3. The number of benzene rings is 6. The predicted molar refractivity (Wildman–Crippen MR) is 163 cm³/mol. The molecule has 0 bridgehead atoms. The van der Waals surface area contributed by atoms with Gasteiger partial charge in [-0.2, -0.15) is 0 Å². The Kier molecular flexibility index (Phi) is 6.37. The Morgan fingerprint density at radius 3 is 1.03 bits per heavy atom. The van der Waals surface area contributed by atoms with Gasteiger partial charge in [-0.1, -0.05) is 96.1 Å². The molecule has 184 valence electrons. The Bertz CT molecular complexity index is 1530. The molecule has 0 saturated heterocycles. The summed E-state index contributed by atoms with van der Waals surface area (Å²) in [6.45, 7) is 4.26. The second kappa shape index (κ2) is 10.3. The number of para-hydroxylation sites is 2. The molecule has 0 amide bonds. The van der Waals surface area contributed by atoms with Gasteiger partial charge in [0.05, 0.1) is 11.4 Å². The summed E-state index contributed by atoms with van der Waals surface area (Å²) in [6, 6.07) is 52.0. The molecule has 0 aromatic heterocycles. The van der Waals surface area contributed by atoms with E-state index in [1.807, 2.05) is 0 Å². The van der Waals surface area contributed by atoms with Crippen molar-refractivity contribution in [2.75, 3.05) is 9.80 Å². The Labute approximate surface area is 225 Å². The highest BCUT2D eigenvalue weighted by Gasteiger charge is 2.19. The first-order valence-electron chi connectivity index (χ1n) is 13.0. The van der Waals surface area contributed by atoms with Crippen LogP contribution < -0.4 is 9.80 Å². The molecule has 6 rings (SSSR count). The number of nitrogens with zero attached hydrogens (tertiary/aromatic N) is 2. The van der Waals surface area contributed by atoms with Crippen LogP contribution in [0.2, 0.25) is 0 Å². The van der Waals surface area contributed by atoms with Crippen molar-refractivity contribution in [3.05, 3.63) is 157 Å². The van der Waals surface area contributed by atoms with Gasteiger partial charge in [0.25, 0.3) is 0 Å². The van der Waals surface area contributed by atoms with Crippen LogP contribution in [0.4, 0.5) is 34.1 Å². The summed E-state index contributed by atoms with van der Waals surface area (Å²) < 4.78 is 0. The van der Waals surface area contributed by atoms with Gasteiger partial charge in [0.1, 0.15) is 0 Å². The molecule has 0 fully saturated rings. The van der Waals surface area contributed by atoms with Crippen LogP contribution in [0.15, 0.2) is 146 Å². The molecule has 2 heteroatoms. The summed E-state index contributed by atoms with van der Waals surface area (Å²) in [4.78, 5) is 4.70. The minimum atomic E-state index is 1.13. The van der Waals surface area contributed by atoms with Gasteiger partial charge in [0.15, 0.2) is 0 Å². The molecule has 0 atom stereocenters. The topological polar surface area (TPSA) is 6.48 Å². The molecule has 0 N–H and O–H groups in total. The van der Waals surface area contributed by atoms with E-state index in [-0.39, 0.29) is 0 Å². The maximum Gasteiger partial charge on any atom is 0.0540 e. The smallest absolute Gasteiger partial charge is 0.0540 e. The molecule has 0 saturated carbocycles. The van der Waals surface area contributed by atoms with Gasteiger partial charge in [0, 0.05) is 33.5 Å². The van der Waals surface area contributed by atoms with Crippen molar-refractivity contribution in [1.82, 2.24) is 0 Å². The maximum absolute atomic E-state index is 2.35. The summed E-state index contributed by atoms with van der Waals surface area (Å²) in [5.74, 6) is 0. The van der Waals surface area contributed by atoms with Crippen molar-refractivity contribution in [3.8, 4) is 0 Å². The van der Waals surface area contributed by atoms with Gasteiger partial charge in [-0.05, 0) is 74.5 Å². The third-order valence-corrected chi connectivity index (χ3v) is 6.97. The van der Waals surface area contributed by atoms with E-state index >= 15 is 0 Å².